The number of aryl methyl sites for hydroxylation is 1. The van der Waals surface area contributed by atoms with Crippen LogP contribution in [-0.4, -0.2) is 72.7 Å². The van der Waals surface area contributed by atoms with Gasteiger partial charge in [0.25, 0.3) is 11.5 Å². The van der Waals surface area contributed by atoms with Crippen LogP contribution in [0.3, 0.4) is 0 Å². The van der Waals surface area contributed by atoms with E-state index in [-0.39, 0.29) is 23.1 Å². The molecule has 1 aliphatic heterocycles. The lowest BCUT2D eigenvalue weighted by atomic mass is 10.2. The highest BCUT2D eigenvalue weighted by atomic mass is 32.2. The number of furan rings is 1. The number of thioether (sulfide) groups is 1. The van der Waals surface area contributed by atoms with Gasteiger partial charge in [0.05, 0.1) is 22.9 Å². The third-order valence-corrected chi connectivity index (χ3v) is 7.10. The summed E-state index contributed by atoms with van der Waals surface area (Å²) in [7, 11) is 0. The molecule has 4 aromatic rings. The molecule has 0 N–H and O–H groups in total. The topological polar surface area (TPSA) is 106 Å². The fourth-order valence-corrected chi connectivity index (χ4v) is 5.12. The summed E-state index contributed by atoms with van der Waals surface area (Å²) in [4.78, 5) is 41.9. The van der Waals surface area contributed by atoms with Crippen LogP contribution in [0.5, 0.6) is 0 Å². The van der Waals surface area contributed by atoms with Gasteiger partial charge in [-0.25, -0.2) is 0 Å². The van der Waals surface area contributed by atoms with Gasteiger partial charge in [-0.3, -0.25) is 23.4 Å². The summed E-state index contributed by atoms with van der Waals surface area (Å²) in [6.45, 7) is 4.48. The highest BCUT2D eigenvalue weighted by Gasteiger charge is 2.26. The number of carbonyl (C=O) groups excluding carboxylic acids is 2. The number of fused-ring (bicyclic) bond motifs is 3. The Balaban J connectivity index is 1.31. The van der Waals surface area contributed by atoms with E-state index in [1.54, 1.807) is 26.5 Å². The second kappa shape index (κ2) is 9.95. The van der Waals surface area contributed by atoms with Gasteiger partial charge in [-0.1, -0.05) is 37.2 Å². The van der Waals surface area contributed by atoms with Crippen molar-refractivity contribution in [1.29, 1.82) is 0 Å². The van der Waals surface area contributed by atoms with Crippen LogP contribution in [-0.2, 0) is 11.3 Å². The number of hydrogen-bond donors (Lipinski definition) is 0. The molecule has 5 rings (SSSR count). The normalized spacial score (nSPS) is 14.2. The fourth-order valence-electron chi connectivity index (χ4n) is 4.28. The zero-order valence-corrected chi connectivity index (χ0v) is 20.2. The summed E-state index contributed by atoms with van der Waals surface area (Å²) < 4.78 is 8.73. The maximum Gasteiger partial charge on any atom is 0.289 e. The van der Waals surface area contributed by atoms with Crippen molar-refractivity contribution < 1.29 is 14.0 Å². The number of nitrogens with zero attached hydrogens (tertiary/aromatic N) is 6. The quantitative estimate of drug-likeness (QED) is 0.364. The predicted octanol–water partition coefficient (Wildman–Crippen LogP) is 2.51. The molecule has 35 heavy (non-hydrogen) atoms. The molecular formula is C24H26N6O4S. The molecule has 0 atom stereocenters. The van der Waals surface area contributed by atoms with Crippen molar-refractivity contribution in [3.05, 3.63) is 58.8 Å². The molecule has 4 heterocycles. The number of piperazine rings is 1. The highest BCUT2D eigenvalue weighted by molar-refractivity contribution is 7.99. The maximum absolute atomic E-state index is 13.1. The SMILES string of the molecule is CCCCn1c(=O)c2ccccc2n2c(SCC(=O)N3CCN(C(=O)c4ccco4)CC3)nnc12. The summed E-state index contributed by atoms with van der Waals surface area (Å²) in [5.74, 6) is 0.800. The smallest absolute Gasteiger partial charge is 0.289 e. The van der Waals surface area contributed by atoms with E-state index in [0.717, 1.165) is 18.4 Å². The van der Waals surface area contributed by atoms with Gasteiger partial charge in [-0.15, -0.1) is 10.2 Å². The molecule has 0 radical (unpaired) electrons. The third kappa shape index (κ3) is 4.43. The van der Waals surface area contributed by atoms with Crippen LogP contribution in [0.2, 0.25) is 0 Å². The van der Waals surface area contributed by atoms with Crippen molar-refractivity contribution in [3.63, 3.8) is 0 Å². The number of hydrogen-bond acceptors (Lipinski definition) is 7. The van der Waals surface area contributed by atoms with Crippen LogP contribution in [0.4, 0.5) is 0 Å². The molecular weight excluding hydrogens is 468 g/mol. The highest BCUT2D eigenvalue weighted by Crippen LogP contribution is 2.22. The average molecular weight is 495 g/mol. The van der Waals surface area contributed by atoms with Gasteiger partial charge >= 0.3 is 0 Å². The molecule has 2 amide bonds. The second-order valence-corrected chi connectivity index (χ2v) is 9.33. The third-order valence-electron chi connectivity index (χ3n) is 6.19. The number of para-hydroxylation sites is 1. The molecule has 11 heteroatoms. The van der Waals surface area contributed by atoms with Crippen LogP contribution >= 0.6 is 11.8 Å². The van der Waals surface area contributed by atoms with E-state index in [0.29, 0.717) is 54.8 Å². The Morgan fingerprint density at radius 1 is 1.03 bits per heavy atom. The van der Waals surface area contributed by atoms with Crippen LogP contribution in [0.15, 0.2) is 57.0 Å². The standard InChI is InChI=1S/C24H26N6O4S/c1-2-3-10-29-21(32)17-7-4-5-8-18(17)30-23(29)25-26-24(30)35-16-20(31)27-11-13-28(14-12-27)22(33)19-9-6-15-34-19/h4-9,15H,2-3,10-14,16H2,1H3. The van der Waals surface area contributed by atoms with Crippen LogP contribution in [0.25, 0.3) is 16.7 Å². The van der Waals surface area contributed by atoms with E-state index in [2.05, 4.69) is 17.1 Å². The van der Waals surface area contributed by atoms with Crippen molar-refractivity contribution in [2.45, 2.75) is 31.5 Å². The molecule has 0 unspecified atom stereocenters. The Morgan fingerprint density at radius 3 is 2.54 bits per heavy atom. The lowest BCUT2D eigenvalue weighted by Gasteiger charge is -2.34. The first-order chi connectivity index (χ1) is 17.1. The van der Waals surface area contributed by atoms with Crippen molar-refractivity contribution in [1.82, 2.24) is 29.0 Å². The molecule has 1 saturated heterocycles. The van der Waals surface area contributed by atoms with Gasteiger partial charge in [-0.05, 0) is 30.7 Å². The van der Waals surface area contributed by atoms with Gasteiger partial charge in [0, 0.05) is 32.7 Å². The minimum Gasteiger partial charge on any atom is -0.459 e. The zero-order chi connectivity index (χ0) is 24.4. The number of unbranched alkanes of at least 4 members (excludes halogenated alkanes) is 1. The fraction of sp³-hybridized carbons (Fsp3) is 0.375. The Morgan fingerprint density at radius 2 is 1.80 bits per heavy atom. The summed E-state index contributed by atoms with van der Waals surface area (Å²) in [6.07, 6.45) is 3.29. The summed E-state index contributed by atoms with van der Waals surface area (Å²) in [5.41, 5.74) is 0.647. The number of amides is 2. The molecule has 1 aliphatic rings. The Bertz CT molecular complexity index is 1420. The van der Waals surface area contributed by atoms with Gasteiger partial charge in [0.15, 0.2) is 10.9 Å². The largest absolute Gasteiger partial charge is 0.459 e. The monoisotopic (exact) mass is 494 g/mol. The second-order valence-electron chi connectivity index (χ2n) is 8.38. The van der Waals surface area contributed by atoms with E-state index >= 15 is 0 Å². The molecule has 0 bridgehead atoms. The van der Waals surface area contributed by atoms with Gasteiger partial charge < -0.3 is 14.2 Å². The van der Waals surface area contributed by atoms with E-state index in [1.807, 2.05) is 28.7 Å². The van der Waals surface area contributed by atoms with E-state index in [1.165, 1.54) is 18.0 Å². The Kier molecular flexibility index (Phi) is 6.58. The van der Waals surface area contributed by atoms with Gasteiger partial charge in [0.2, 0.25) is 11.7 Å². The van der Waals surface area contributed by atoms with E-state index in [9.17, 15) is 14.4 Å². The van der Waals surface area contributed by atoms with Crippen molar-refractivity contribution in [2.24, 2.45) is 0 Å². The molecule has 3 aromatic heterocycles. The molecule has 10 nitrogen and oxygen atoms in total. The molecule has 0 spiro atoms. The van der Waals surface area contributed by atoms with Crippen LogP contribution in [0.1, 0.15) is 30.3 Å². The summed E-state index contributed by atoms with van der Waals surface area (Å²) in [5, 5.41) is 9.79. The van der Waals surface area contributed by atoms with Crippen LogP contribution < -0.4 is 5.56 Å². The molecule has 0 aliphatic carbocycles. The number of rotatable bonds is 7. The molecule has 182 valence electrons. The lowest BCUT2D eigenvalue weighted by molar-refractivity contribution is -0.129. The molecule has 0 saturated carbocycles. The minimum atomic E-state index is -0.160. The first-order valence-electron chi connectivity index (χ1n) is 11.7. The lowest BCUT2D eigenvalue weighted by Crippen LogP contribution is -2.51. The molecule has 1 fully saturated rings. The summed E-state index contributed by atoms with van der Waals surface area (Å²) in [6, 6.07) is 10.7. The first kappa shape index (κ1) is 23.2. The van der Waals surface area contributed by atoms with Gasteiger partial charge in [-0.2, -0.15) is 0 Å². The maximum atomic E-state index is 13.1. The number of carbonyl (C=O) groups is 2. The van der Waals surface area contributed by atoms with Gasteiger partial charge in [0.1, 0.15) is 0 Å². The first-order valence-corrected chi connectivity index (χ1v) is 12.7. The predicted molar refractivity (Wildman–Crippen MR) is 132 cm³/mol. The van der Waals surface area contributed by atoms with Crippen molar-refractivity contribution in [2.75, 3.05) is 31.9 Å². The van der Waals surface area contributed by atoms with Crippen molar-refractivity contribution in [3.8, 4) is 0 Å². The van der Waals surface area contributed by atoms with Crippen molar-refractivity contribution >= 4 is 40.3 Å². The zero-order valence-electron chi connectivity index (χ0n) is 19.4. The molecule has 1 aromatic carbocycles. The van der Waals surface area contributed by atoms with Crippen LogP contribution in [0, 0.1) is 0 Å². The van der Waals surface area contributed by atoms with E-state index in [4.69, 9.17) is 4.42 Å². The number of aromatic nitrogens is 4. The van der Waals surface area contributed by atoms with E-state index < -0.39 is 0 Å². The summed E-state index contributed by atoms with van der Waals surface area (Å²) >= 11 is 1.30. The average Bonchev–Trinajstić information content (AvgIpc) is 3.58. The Labute approximate surface area is 205 Å². The minimum absolute atomic E-state index is 0.0274. The Hall–Kier alpha value is -3.60. The number of benzene rings is 1.